The molecule has 4 nitrogen and oxygen atoms in total. The maximum atomic E-state index is 14.1. The molecule has 3 N–H and O–H groups in total. The Balaban J connectivity index is 1.87. The molecule has 0 spiro atoms. The van der Waals surface area contributed by atoms with E-state index in [-0.39, 0.29) is 53.1 Å². The van der Waals surface area contributed by atoms with Crippen LogP contribution in [0.15, 0.2) is 11.6 Å². The topological polar surface area (TPSA) is 77.8 Å². The van der Waals surface area contributed by atoms with Crippen LogP contribution in [-0.2, 0) is 4.79 Å². The Morgan fingerprint density at radius 3 is 2.32 bits per heavy atom. The van der Waals surface area contributed by atoms with Crippen molar-refractivity contribution in [1.29, 1.82) is 0 Å². The number of hydrogen-bond donors (Lipinski definition) is 3. The number of rotatable bonds is 7. The zero-order valence-electron chi connectivity index (χ0n) is 23.1. The van der Waals surface area contributed by atoms with Crippen LogP contribution in [0.25, 0.3) is 0 Å². The third-order valence-corrected chi connectivity index (χ3v) is 11.4. The largest absolute Gasteiger partial charge is 0.396 e. The number of fused-ring (bicyclic) bond motifs is 1. The molecule has 0 aliphatic heterocycles. The van der Waals surface area contributed by atoms with E-state index >= 15 is 0 Å². The first-order chi connectivity index (χ1) is 15.7. The third kappa shape index (κ3) is 4.57. The Labute approximate surface area is 208 Å². The maximum Gasteiger partial charge on any atom is 0.142 e. The minimum absolute atomic E-state index is 0.0568. The summed E-state index contributed by atoms with van der Waals surface area (Å²) in [5.41, 5.74) is -0.232. The predicted octanol–water partition coefficient (Wildman–Crippen LogP) is 5.78. The second-order valence-electron chi connectivity index (χ2n) is 13.3. The number of aliphatic hydroxyl groups is 3. The molecule has 3 saturated carbocycles. The van der Waals surface area contributed by atoms with Gasteiger partial charge in [0.25, 0.3) is 0 Å². The van der Waals surface area contributed by atoms with Gasteiger partial charge in [0.05, 0.1) is 11.7 Å². The molecule has 0 aromatic rings. The number of hydrogen-bond acceptors (Lipinski definition) is 4. The Morgan fingerprint density at radius 1 is 1.12 bits per heavy atom. The first-order valence-electron chi connectivity index (χ1n) is 14.0. The van der Waals surface area contributed by atoms with Crippen molar-refractivity contribution in [2.75, 3.05) is 6.61 Å². The van der Waals surface area contributed by atoms with E-state index in [0.29, 0.717) is 17.6 Å². The number of ketones is 1. The predicted molar refractivity (Wildman–Crippen MR) is 138 cm³/mol. The fraction of sp³-hybridized carbons (Fsp3) is 0.900. The number of allylic oxidation sites excluding steroid dienone is 1. The summed E-state index contributed by atoms with van der Waals surface area (Å²) in [5, 5.41) is 31.5. The zero-order valence-corrected chi connectivity index (χ0v) is 23.1. The minimum atomic E-state index is -0.829. The number of aliphatic hydroxyl groups excluding tert-OH is 2. The van der Waals surface area contributed by atoms with E-state index in [1.165, 1.54) is 0 Å². The van der Waals surface area contributed by atoms with Crippen molar-refractivity contribution in [2.45, 2.75) is 112 Å². The first kappa shape index (κ1) is 27.9. The van der Waals surface area contributed by atoms with Gasteiger partial charge in [-0.2, -0.15) is 0 Å². The van der Waals surface area contributed by atoms with Gasteiger partial charge in [-0.1, -0.05) is 47.6 Å². The molecule has 3 fully saturated rings. The van der Waals surface area contributed by atoms with Gasteiger partial charge in [0, 0.05) is 17.9 Å². The second kappa shape index (κ2) is 9.98. The molecule has 196 valence electrons. The van der Waals surface area contributed by atoms with Crippen molar-refractivity contribution in [3.05, 3.63) is 11.6 Å². The van der Waals surface area contributed by atoms with Gasteiger partial charge in [-0.25, -0.2) is 0 Å². The van der Waals surface area contributed by atoms with E-state index in [2.05, 4.69) is 47.6 Å². The van der Waals surface area contributed by atoms with Crippen LogP contribution in [0.1, 0.15) is 100 Å². The third-order valence-electron chi connectivity index (χ3n) is 11.4. The van der Waals surface area contributed by atoms with E-state index in [1.54, 1.807) is 0 Å². The molecule has 10 atom stereocenters. The van der Waals surface area contributed by atoms with Gasteiger partial charge in [0.15, 0.2) is 0 Å². The number of carbonyl (C=O) groups excluding carboxylic acids is 1. The van der Waals surface area contributed by atoms with Crippen LogP contribution < -0.4 is 0 Å². The average Bonchev–Trinajstić information content (AvgIpc) is 3.09. The van der Waals surface area contributed by atoms with Gasteiger partial charge >= 0.3 is 0 Å². The Morgan fingerprint density at radius 2 is 1.74 bits per heavy atom. The van der Waals surface area contributed by atoms with E-state index < -0.39 is 5.60 Å². The second-order valence-corrected chi connectivity index (χ2v) is 13.3. The van der Waals surface area contributed by atoms with Crippen molar-refractivity contribution < 1.29 is 20.1 Å². The highest BCUT2D eigenvalue weighted by molar-refractivity contribution is 5.88. The first-order valence-corrected chi connectivity index (χ1v) is 14.0. The van der Waals surface area contributed by atoms with Crippen molar-refractivity contribution in [3.8, 4) is 0 Å². The zero-order chi connectivity index (χ0) is 25.6. The van der Waals surface area contributed by atoms with Gasteiger partial charge in [-0.3, -0.25) is 4.79 Å². The standard InChI is InChI=1S/C30H52O4/c1-18(2)30(8,34)20(4)17-19(3)23-11-12-25(28(23,6)15-16-31)22-9-10-24-21(5)26(32)13-14-29(24,7)27(22)33/h17-19,21-26,31-32,34H,9-16H2,1-8H3/b20-17+/t19-,21+,22+,23-,24+,25+,26+,28-,29+,30+/m1/s1. The highest BCUT2D eigenvalue weighted by Gasteiger charge is 2.58. The summed E-state index contributed by atoms with van der Waals surface area (Å²) < 4.78 is 0. The van der Waals surface area contributed by atoms with Gasteiger partial charge in [-0.15, -0.1) is 0 Å². The lowest BCUT2D eigenvalue weighted by atomic mass is 9.50. The Hall–Kier alpha value is -0.710. The minimum Gasteiger partial charge on any atom is -0.396 e. The SMILES string of the molecule is C/C(=C\[C@@H](C)[C@H]1CC[C@@H]([C@@H]2CC[C@H]3[C@H](C)[C@@H](O)CC[C@]3(C)C2=O)[C@]1(C)CCO)[C@@](C)(O)C(C)C. The average molecular weight is 477 g/mol. The Bertz CT molecular complexity index is 770. The summed E-state index contributed by atoms with van der Waals surface area (Å²) in [4.78, 5) is 14.1. The lowest BCUT2D eigenvalue weighted by Crippen LogP contribution is -2.54. The van der Waals surface area contributed by atoms with Crippen LogP contribution in [-0.4, -0.2) is 39.4 Å². The highest BCUT2D eigenvalue weighted by atomic mass is 16.3. The summed E-state index contributed by atoms with van der Waals surface area (Å²) in [6.07, 6.45) is 8.26. The summed E-state index contributed by atoms with van der Waals surface area (Å²) in [7, 11) is 0. The molecule has 3 rings (SSSR count). The normalized spacial score (nSPS) is 44.1. The molecule has 34 heavy (non-hydrogen) atoms. The van der Waals surface area contributed by atoms with Crippen molar-refractivity contribution in [2.24, 2.45) is 52.3 Å². The molecule has 3 aliphatic rings. The van der Waals surface area contributed by atoms with Crippen molar-refractivity contribution in [1.82, 2.24) is 0 Å². The van der Waals surface area contributed by atoms with Crippen molar-refractivity contribution in [3.63, 3.8) is 0 Å². The Kier molecular flexibility index (Phi) is 8.18. The molecule has 0 amide bonds. The smallest absolute Gasteiger partial charge is 0.142 e. The summed E-state index contributed by atoms with van der Waals surface area (Å²) in [6.45, 7) is 17.1. The summed E-state index contributed by atoms with van der Waals surface area (Å²) in [5.74, 6) is 2.04. The van der Waals surface area contributed by atoms with E-state index in [4.69, 9.17) is 0 Å². The van der Waals surface area contributed by atoms with E-state index in [1.807, 2.05) is 13.8 Å². The molecule has 0 aromatic heterocycles. The summed E-state index contributed by atoms with van der Waals surface area (Å²) in [6, 6.07) is 0. The maximum absolute atomic E-state index is 14.1. The fourth-order valence-electron chi connectivity index (χ4n) is 8.49. The fourth-order valence-corrected chi connectivity index (χ4v) is 8.49. The molecule has 0 saturated heterocycles. The van der Waals surface area contributed by atoms with Crippen molar-refractivity contribution >= 4 is 5.78 Å². The number of carbonyl (C=O) groups is 1. The van der Waals surface area contributed by atoms with E-state index in [0.717, 1.165) is 50.5 Å². The van der Waals surface area contributed by atoms with Gasteiger partial charge in [0.2, 0.25) is 0 Å². The molecule has 0 bridgehead atoms. The van der Waals surface area contributed by atoms with Gasteiger partial charge in [-0.05, 0) is 105 Å². The van der Waals surface area contributed by atoms with Gasteiger partial charge in [0.1, 0.15) is 5.78 Å². The van der Waals surface area contributed by atoms with Crippen LogP contribution in [0, 0.1) is 52.3 Å². The molecule has 0 heterocycles. The molecule has 0 unspecified atom stereocenters. The van der Waals surface area contributed by atoms with Gasteiger partial charge < -0.3 is 15.3 Å². The van der Waals surface area contributed by atoms with Crippen LogP contribution in [0.5, 0.6) is 0 Å². The highest BCUT2D eigenvalue weighted by Crippen LogP contribution is 2.61. The molecule has 3 aliphatic carbocycles. The molecular formula is C30H52O4. The van der Waals surface area contributed by atoms with Crippen LogP contribution in [0.3, 0.4) is 0 Å². The lowest BCUT2D eigenvalue weighted by Gasteiger charge is -2.53. The van der Waals surface area contributed by atoms with Crippen LogP contribution in [0.2, 0.25) is 0 Å². The quantitative estimate of drug-likeness (QED) is 0.407. The molecule has 0 aromatic carbocycles. The molecule has 4 heteroatoms. The number of Topliss-reactive ketones (excluding diaryl/α,β-unsaturated/α-hetero) is 1. The molecule has 0 radical (unpaired) electrons. The summed E-state index contributed by atoms with van der Waals surface area (Å²) >= 11 is 0. The van der Waals surface area contributed by atoms with E-state index in [9.17, 15) is 20.1 Å². The lowest BCUT2D eigenvalue weighted by molar-refractivity contribution is -0.154. The molecular weight excluding hydrogens is 424 g/mol. The van der Waals surface area contributed by atoms with Crippen LogP contribution in [0.4, 0.5) is 0 Å². The monoisotopic (exact) mass is 476 g/mol. The van der Waals surface area contributed by atoms with Crippen LogP contribution >= 0.6 is 0 Å².